The molecule has 0 heterocycles. The van der Waals surface area contributed by atoms with Gasteiger partial charge in [0, 0.05) is 15.8 Å². The Morgan fingerprint density at radius 2 is 1.95 bits per heavy atom. The fourth-order valence-electron chi connectivity index (χ4n) is 1.81. The van der Waals surface area contributed by atoms with Crippen molar-refractivity contribution in [2.45, 2.75) is 11.8 Å². The van der Waals surface area contributed by atoms with Crippen LogP contribution in [0.1, 0.15) is 6.92 Å². The van der Waals surface area contributed by atoms with E-state index in [-0.39, 0.29) is 4.90 Å². The van der Waals surface area contributed by atoms with E-state index in [9.17, 15) is 8.42 Å². The van der Waals surface area contributed by atoms with Gasteiger partial charge in [-0.1, -0.05) is 13.0 Å². The lowest BCUT2D eigenvalue weighted by Crippen LogP contribution is -2.23. The standard InChI is InChI=1S/C14H16IN3O2S/c1-2-17-21(19,20)12-6-7-13(16)14(9-12)18-11-5-3-4-10(15)8-11/h3-9,17-18H,2,16H2,1H3. The van der Waals surface area contributed by atoms with Gasteiger partial charge in [0.1, 0.15) is 0 Å². The molecule has 0 saturated heterocycles. The lowest BCUT2D eigenvalue weighted by molar-refractivity contribution is 0.584. The minimum Gasteiger partial charge on any atom is -0.397 e. The molecule has 4 N–H and O–H groups in total. The summed E-state index contributed by atoms with van der Waals surface area (Å²) in [6.07, 6.45) is 0. The number of sulfonamides is 1. The topological polar surface area (TPSA) is 84.2 Å². The Labute approximate surface area is 138 Å². The monoisotopic (exact) mass is 417 g/mol. The predicted molar refractivity (Wildman–Crippen MR) is 94.2 cm³/mol. The third kappa shape index (κ3) is 4.08. The van der Waals surface area contributed by atoms with Gasteiger partial charge in [-0.15, -0.1) is 0 Å². The molecule has 0 spiro atoms. The molecule has 0 atom stereocenters. The average molecular weight is 417 g/mol. The van der Waals surface area contributed by atoms with Crippen molar-refractivity contribution in [1.82, 2.24) is 4.72 Å². The van der Waals surface area contributed by atoms with E-state index in [1.165, 1.54) is 12.1 Å². The van der Waals surface area contributed by atoms with Gasteiger partial charge in [0.15, 0.2) is 0 Å². The maximum absolute atomic E-state index is 12.0. The SMILES string of the molecule is CCNS(=O)(=O)c1ccc(N)c(Nc2cccc(I)c2)c1. The Hall–Kier alpha value is -1.32. The van der Waals surface area contributed by atoms with Gasteiger partial charge in [-0.2, -0.15) is 0 Å². The van der Waals surface area contributed by atoms with Crippen LogP contribution in [-0.4, -0.2) is 15.0 Å². The summed E-state index contributed by atoms with van der Waals surface area (Å²) >= 11 is 2.21. The van der Waals surface area contributed by atoms with Gasteiger partial charge < -0.3 is 11.1 Å². The minimum absolute atomic E-state index is 0.187. The zero-order valence-corrected chi connectivity index (χ0v) is 14.4. The number of hydrogen-bond acceptors (Lipinski definition) is 4. The van der Waals surface area contributed by atoms with Gasteiger partial charge in [-0.25, -0.2) is 13.1 Å². The van der Waals surface area contributed by atoms with Crippen LogP contribution in [0.4, 0.5) is 17.1 Å². The Balaban J connectivity index is 2.36. The van der Waals surface area contributed by atoms with Crippen molar-refractivity contribution < 1.29 is 8.42 Å². The Morgan fingerprint density at radius 3 is 2.62 bits per heavy atom. The lowest BCUT2D eigenvalue weighted by Gasteiger charge is -2.12. The third-order valence-corrected chi connectivity index (χ3v) is 4.99. The molecule has 0 bridgehead atoms. The second kappa shape index (κ2) is 6.63. The second-order valence-electron chi connectivity index (χ2n) is 4.39. The summed E-state index contributed by atoms with van der Waals surface area (Å²) in [5.74, 6) is 0. The number of hydrogen-bond donors (Lipinski definition) is 3. The number of rotatable bonds is 5. The van der Waals surface area contributed by atoms with E-state index in [0.717, 1.165) is 9.26 Å². The van der Waals surface area contributed by atoms with E-state index in [2.05, 4.69) is 32.6 Å². The summed E-state index contributed by atoms with van der Waals surface area (Å²) in [6.45, 7) is 2.08. The normalized spacial score (nSPS) is 11.3. The van der Waals surface area contributed by atoms with Crippen LogP contribution in [0.5, 0.6) is 0 Å². The fourth-order valence-corrected chi connectivity index (χ4v) is 3.42. The van der Waals surface area contributed by atoms with Crippen molar-refractivity contribution in [3.8, 4) is 0 Å². The highest BCUT2D eigenvalue weighted by molar-refractivity contribution is 14.1. The molecule has 7 heteroatoms. The third-order valence-electron chi connectivity index (χ3n) is 2.77. The zero-order chi connectivity index (χ0) is 15.5. The van der Waals surface area contributed by atoms with Crippen molar-refractivity contribution >= 4 is 49.7 Å². The maximum atomic E-state index is 12.0. The average Bonchev–Trinajstić information content (AvgIpc) is 2.41. The highest BCUT2D eigenvalue weighted by Gasteiger charge is 2.14. The summed E-state index contributed by atoms with van der Waals surface area (Å²) in [7, 11) is -3.50. The van der Waals surface area contributed by atoms with E-state index < -0.39 is 10.0 Å². The molecular formula is C14H16IN3O2S. The highest BCUT2D eigenvalue weighted by atomic mass is 127. The summed E-state index contributed by atoms with van der Waals surface area (Å²) in [5.41, 5.74) is 7.82. The number of benzene rings is 2. The quantitative estimate of drug-likeness (QED) is 0.516. The first-order valence-electron chi connectivity index (χ1n) is 6.34. The zero-order valence-electron chi connectivity index (χ0n) is 11.4. The van der Waals surface area contributed by atoms with E-state index in [1.807, 2.05) is 24.3 Å². The Bertz CT molecular complexity index is 748. The molecule has 0 fully saturated rings. The van der Waals surface area contributed by atoms with E-state index in [0.29, 0.717) is 17.9 Å². The molecule has 0 unspecified atom stereocenters. The van der Waals surface area contributed by atoms with Gasteiger partial charge in [0.25, 0.3) is 0 Å². The number of nitrogens with one attached hydrogen (secondary N) is 2. The highest BCUT2D eigenvalue weighted by Crippen LogP contribution is 2.26. The Morgan fingerprint density at radius 1 is 1.19 bits per heavy atom. The molecule has 0 amide bonds. The molecule has 21 heavy (non-hydrogen) atoms. The molecule has 2 rings (SSSR count). The van der Waals surface area contributed by atoms with E-state index >= 15 is 0 Å². The van der Waals surface area contributed by atoms with Crippen LogP contribution in [0.2, 0.25) is 0 Å². The van der Waals surface area contributed by atoms with Crippen LogP contribution in [0.25, 0.3) is 0 Å². The van der Waals surface area contributed by atoms with Crippen LogP contribution >= 0.6 is 22.6 Å². The molecule has 112 valence electrons. The molecule has 2 aromatic rings. The molecule has 0 aromatic heterocycles. The molecule has 0 aliphatic carbocycles. The van der Waals surface area contributed by atoms with Gasteiger partial charge in [0.2, 0.25) is 10.0 Å². The largest absolute Gasteiger partial charge is 0.397 e. The Kier molecular flexibility index (Phi) is 5.07. The van der Waals surface area contributed by atoms with Crippen molar-refractivity contribution in [2.75, 3.05) is 17.6 Å². The number of nitrogen functional groups attached to an aromatic ring is 1. The van der Waals surface area contributed by atoms with Crippen LogP contribution in [0.15, 0.2) is 47.4 Å². The van der Waals surface area contributed by atoms with Crippen molar-refractivity contribution in [1.29, 1.82) is 0 Å². The molecular weight excluding hydrogens is 401 g/mol. The van der Waals surface area contributed by atoms with Crippen LogP contribution in [0.3, 0.4) is 0 Å². The minimum atomic E-state index is -3.50. The van der Waals surface area contributed by atoms with Crippen LogP contribution in [-0.2, 0) is 10.0 Å². The number of nitrogens with two attached hydrogens (primary N) is 1. The van der Waals surface area contributed by atoms with Crippen LogP contribution in [0, 0.1) is 3.57 Å². The summed E-state index contributed by atoms with van der Waals surface area (Å²) in [6, 6.07) is 12.3. The maximum Gasteiger partial charge on any atom is 0.240 e. The molecule has 5 nitrogen and oxygen atoms in total. The molecule has 0 radical (unpaired) electrons. The first kappa shape index (κ1) is 16.1. The van der Waals surface area contributed by atoms with Gasteiger partial charge in [-0.05, 0) is 59.0 Å². The van der Waals surface area contributed by atoms with Crippen molar-refractivity contribution in [2.24, 2.45) is 0 Å². The predicted octanol–water partition coefficient (Wildman–Crippen LogP) is 2.92. The number of halogens is 1. The molecule has 0 saturated carbocycles. The molecule has 2 aromatic carbocycles. The smallest absolute Gasteiger partial charge is 0.240 e. The molecule has 0 aliphatic heterocycles. The fraction of sp³-hybridized carbons (Fsp3) is 0.143. The summed E-state index contributed by atoms with van der Waals surface area (Å²) in [4.78, 5) is 0.187. The summed E-state index contributed by atoms with van der Waals surface area (Å²) < 4.78 is 27.6. The molecule has 0 aliphatic rings. The van der Waals surface area contributed by atoms with Gasteiger partial charge >= 0.3 is 0 Å². The number of anilines is 3. The van der Waals surface area contributed by atoms with Gasteiger partial charge in [0.05, 0.1) is 16.3 Å². The lowest BCUT2D eigenvalue weighted by atomic mass is 10.2. The van der Waals surface area contributed by atoms with Crippen molar-refractivity contribution in [3.05, 3.63) is 46.0 Å². The van der Waals surface area contributed by atoms with Crippen molar-refractivity contribution in [3.63, 3.8) is 0 Å². The first-order chi connectivity index (χ1) is 9.92. The van der Waals surface area contributed by atoms with E-state index in [4.69, 9.17) is 5.73 Å². The van der Waals surface area contributed by atoms with E-state index in [1.54, 1.807) is 13.0 Å². The summed E-state index contributed by atoms with van der Waals surface area (Å²) in [5, 5.41) is 3.15. The van der Waals surface area contributed by atoms with Crippen LogP contribution < -0.4 is 15.8 Å². The van der Waals surface area contributed by atoms with Gasteiger partial charge in [-0.3, -0.25) is 0 Å². The first-order valence-corrected chi connectivity index (χ1v) is 8.90. The second-order valence-corrected chi connectivity index (χ2v) is 7.40.